The SMILES string of the molecule is CC(c1ccc(F)c(P)c1F)N1CCN(C(=O)c2ccc(NSc3cccc4cccnc34)cc2)C(C)C1. The molecule has 3 aromatic carbocycles. The molecule has 3 unspecified atom stereocenters. The van der Waals surface area contributed by atoms with Gasteiger partial charge in [0.1, 0.15) is 11.6 Å². The molecule has 38 heavy (non-hydrogen) atoms. The number of pyridine rings is 1. The van der Waals surface area contributed by atoms with E-state index in [0.29, 0.717) is 30.8 Å². The van der Waals surface area contributed by atoms with Crippen LogP contribution in [-0.2, 0) is 0 Å². The third-order valence-corrected chi connectivity index (χ3v) is 8.50. The molecule has 0 spiro atoms. The predicted octanol–water partition coefficient (Wildman–Crippen LogP) is 6.04. The quantitative estimate of drug-likeness (QED) is 0.234. The maximum atomic E-state index is 14.7. The molecule has 196 valence electrons. The van der Waals surface area contributed by atoms with E-state index in [2.05, 4.69) is 23.8 Å². The van der Waals surface area contributed by atoms with E-state index in [0.717, 1.165) is 21.5 Å². The second kappa shape index (κ2) is 11.4. The molecule has 1 aliphatic heterocycles. The molecule has 0 bridgehead atoms. The highest BCUT2D eigenvalue weighted by atomic mass is 32.2. The Morgan fingerprint density at radius 2 is 1.84 bits per heavy atom. The first-order valence-corrected chi connectivity index (χ1v) is 13.9. The van der Waals surface area contributed by atoms with Crippen molar-refractivity contribution in [1.82, 2.24) is 14.8 Å². The van der Waals surface area contributed by atoms with E-state index in [1.54, 1.807) is 6.20 Å². The highest BCUT2D eigenvalue weighted by molar-refractivity contribution is 8.00. The maximum absolute atomic E-state index is 14.7. The average molecular weight is 551 g/mol. The smallest absolute Gasteiger partial charge is 0.254 e. The van der Waals surface area contributed by atoms with Crippen LogP contribution in [0.15, 0.2) is 77.8 Å². The van der Waals surface area contributed by atoms with E-state index in [4.69, 9.17) is 0 Å². The lowest BCUT2D eigenvalue weighted by atomic mass is 10.0. The van der Waals surface area contributed by atoms with Crippen LogP contribution < -0.4 is 10.0 Å². The lowest BCUT2D eigenvalue weighted by Crippen LogP contribution is -2.54. The van der Waals surface area contributed by atoms with E-state index in [1.165, 1.54) is 24.1 Å². The van der Waals surface area contributed by atoms with Crippen molar-refractivity contribution in [1.29, 1.82) is 0 Å². The number of nitrogens with one attached hydrogen (secondary N) is 1. The van der Waals surface area contributed by atoms with Gasteiger partial charge in [0.15, 0.2) is 0 Å². The standard InChI is InChI=1S/C29H29F2N4OPS/c1-18-17-34(19(2)23-12-13-24(30)28(37)26(23)31)15-16-35(18)29(36)21-8-10-22(11-9-21)33-38-25-7-3-5-20-6-4-14-32-27(20)25/h3-14,18-19,33H,15-17,37H2,1-2H3. The summed E-state index contributed by atoms with van der Waals surface area (Å²) in [5.74, 6) is -1.13. The summed E-state index contributed by atoms with van der Waals surface area (Å²) in [4.78, 5) is 22.8. The van der Waals surface area contributed by atoms with Crippen LogP contribution in [-0.4, -0.2) is 46.4 Å². The number of rotatable bonds is 6. The van der Waals surface area contributed by atoms with Gasteiger partial charge in [-0.1, -0.05) is 33.5 Å². The Balaban J connectivity index is 1.20. The van der Waals surface area contributed by atoms with E-state index < -0.39 is 11.6 Å². The van der Waals surface area contributed by atoms with Gasteiger partial charge in [-0.25, -0.2) is 8.78 Å². The van der Waals surface area contributed by atoms with Gasteiger partial charge in [0.05, 0.1) is 10.4 Å². The zero-order valence-corrected chi connectivity index (χ0v) is 23.2. The number of para-hydroxylation sites is 1. The number of benzene rings is 3. The number of carbonyl (C=O) groups excluding carboxylic acids is 1. The zero-order valence-electron chi connectivity index (χ0n) is 21.2. The molecule has 1 N–H and O–H groups in total. The lowest BCUT2D eigenvalue weighted by molar-refractivity contribution is 0.0402. The van der Waals surface area contributed by atoms with Gasteiger partial charge in [-0.15, -0.1) is 0 Å². The monoisotopic (exact) mass is 550 g/mol. The number of aromatic nitrogens is 1. The van der Waals surface area contributed by atoms with E-state index in [1.807, 2.05) is 73.3 Å². The van der Waals surface area contributed by atoms with E-state index in [-0.39, 0.29) is 23.3 Å². The fraction of sp³-hybridized carbons (Fsp3) is 0.241. The van der Waals surface area contributed by atoms with Gasteiger partial charge in [0, 0.05) is 65.4 Å². The first kappa shape index (κ1) is 26.5. The molecule has 9 heteroatoms. The summed E-state index contributed by atoms with van der Waals surface area (Å²) in [6, 6.07) is 20.0. The number of amides is 1. The average Bonchev–Trinajstić information content (AvgIpc) is 2.94. The third-order valence-electron chi connectivity index (χ3n) is 7.08. The highest BCUT2D eigenvalue weighted by Crippen LogP contribution is 2.29. The van der Waals surface area contributed by atoms with Crippen molar-refractivity contribution in [2.24, 2.45) is 0 Å². The molecule has 4 aromatic rings. The zero-order chi connectivity index (χ0) is 26.8. The van der Waals surface area contributed by atoms with Gasteiger partial charge in [-0.3, -0.25) is 14.7 Å². The molecular formula is C29H29F2N4OPS. The number of halogens is 2. The Morgan fingerprint density at radius 1 is 1.08 bits per heavy atom. The molecule has 2 heterocycles. The number of fused-ring (bicyclic) bond motifs is 1. The van der Waals surface area contributed by atoms with Crippen LogP contribution in [0.3, 0.4) is 0 Å². The first-order chi connectivity index (χ1) is 18.3. The van der Waals surface area contributed by atoms with Crippen LogP contribution in [0.1, 0.15) is 35.8 Å². The van der Waals surface area contributed by atoms with Gasteiger partial charge >= 0.3 is 0 Å². The normalized spacial score (nSPS) is 17.0. The number of piperazine rings is 1. The van der Waals surface area contributed by atoms with Crippen molar-refractivity contribution >= 4 is 49.0 Å². The minimum absolute atomic E-state index is 0.0255. The van der Waals surface area contributed by atoms with Crippen molar-refractivity contribution in [2.75, 3.05) is 24.4 Å². The minimum Gasteiger partial charge on any atom is -0.333 e. The lowest BCUT2D eigenvalue weighted by Gasteiger charge is -2.42. The van der Waals surface area contributed by atoms with Gasteiger partial charge in [0.25, 0.3) is 5.91 Å². The molecule has 1 fully saturated rings. The summed E-state index contributed by atoms with van der Waals surface area (Å²) in [5.41, 5.74) is 2.92. The van der Waals surface area contributed by atoms with Crippen LogP contribution in [0.25, 0.3) is 10.9 Å². The molecular weight excluding hydrogens is 521 g/mol. The Morgan fingerprint density at radius 3 is 2.61 bits per heavy atom. The minimum atomic E-state index is -0.572. The van der Waals surface area contributed by atoms with Crippen LogP contribution in [0.2, 0.25) is 0 Å². The van der Waals surface area contributed by atoms with E-state index in [9.17, 15) is 13.6 Å². The van der Waals surface area contributed by atoms with Crippen molar-refractivity contribution in [3.63, 3.8) is 0 Å². The first-order valence-electron chi connectivity index (χ1n) is 12.5. The Bertz CT molecular complexity index is 1460. The number of nitrogens with zero attached hydrogens (tertiary/aromatic N) is 3. The van der Waals surface area contributed by atoms with Crippen molar-refractivity contribution in [2.45, 2.75) is 30.8 Å². The summed E-state index contributed by atoms with van der Waals surface area (Å²) in [5, 5.41) is 1.04. The van der Waals surface area contributed by atoms with E-state index >= 15 is 0 Å². The molecule has 5 rings (SSSR count). The van der Waals surface area contributed by atoms with Crippen LogP contribution >= 0.6 is 21.2 Å². The predicted molar refractivity (Wildman–Crippen MR) is 154 cm³/mol. The Kier molecular flexibility index (Phi) is 7.93. The molecule has 0 saturated carbocycles. The van der Waals surface area contributed by atoms with Gasteiger partial charge in [-0.05, 0) is 68.3 Å². The molecule has 0 radical (unpaired) electrons. The summed E-state index contributed by atoms with van der Waals surface area (Å²) in [6.45, 7) is 5.66. The maximum Gasteiger partial charge on any atom is 0.254 e. The topological polar surface area (TPSA) is 48.5 Å². The molecule has 1 aliphatic rings. The third kappa shape index (κ3) is 5.39. The number of anilines is 1. The summed E-state index contributed by atoms with van der Waals surface area (Å²) < 4.78 is 31.7. The summed E-state index contributed by atoms with van der Waals surface area (Å²) in [7, 11) is 2.14. The summed E-state index contributed by atoms with van der Waals surface area (Å²) >= 11 is 1.49. The fourth-order valence-corrected chi connectivity index (χ4v) is 5.90. The van der Waals surface area contributed by atoms with Crippen LogP contribution in [0.5, 0.6) is 0 Å². The van der Waals surface area contributed by atoms with Crippen molar-refractivity contribution in [3.05, 3.63) is 95.7 Å². The van der Waals surface area contributed by atoms with Crippen LogP contribution in [0.4, 0.5) is 14.5 Å². The second-order valence-electron chi connectivity index (χ2n) is 9.50. The van der Waals surface area contributed by atoms with Gasteiger partial charge < -0.3 is 9.62 Å². The Hall–Kier alpha value is -3.06. The van der Waals surface area contributed by atoms with Crippen LogP contribution in [0, 0.1) is 11.6 Å². The Labute approximate surface area is 228 Å². The number of hydrogen-bond donors (Lipinski definition) is 1. The largest absolute Gasteiger partial charge is 0.333 e. The molecule has 3 atom stereocenters. The molecule has 1 amide bonds. The number of carbonyl (C=O) groups is 1. The fourth-order valence-electron chi connectivity index (χ4n) is 4.86. The van der Waals surface area contributed by atoms with Gasteiger partial charge in [-0.2, -0.15) is 0 Å². The van der Waals surface area contributed by atoms with Crippen molar-refractivity contribution < 1.29 is 13.6 Å². The molecule has 1 aromatic heterocycles. The number of hydrogen-bond acceptors (Lipinski definition) is 5. The van der Waals surface area contributed by atoms with Gasteiger partial charge in [0.2, 0.25) is 0 Å². The molecule has 1 saturated heterocycles. The molecule has 5 nitrogen and oxygen atoms in total. The summed E-state index contributed by atoms with van der Waals surface area (Å²) in [6.07, 6.45) is 1.79. The molecule has 0 aliphatic carbocycles. The highest BCUT2D eigenvalue weighted by Gasteiger charge is 2.31. The van der Waals surface area contributed by atoms with Crippen molar-refractivity contribution in [3.8, 4) is 0 Å². The second-order valence-corrected chi connectivity index (χ2v) is 10.9.